The average molecular weight is 303 g/mol. The minimum Gasteiger partial charge on any atom is -0.466 e. The zero-order valence-electron chi connectivity index (χ0n) is 9.79. The van der Waals surface area contributed by atoms with Gasteiger partial charge >= 0.3 is 5.97 Å². The molecule has 0 aliphatic carbocycles. The number of hydrogen-bond acceptors (Lipinski definition) is 6. The van der Waals surface area contributed by atoms with Crippen LogP contribution < -0.4 is 10.6 Å². The predicted octanol–water partition coefficient (Wildman–Crippen LogP) is 1.65. The van der Waals surface area contributed by atoms with Gasteiger partial charge in [0.1, 0.15) is 22.4 Å². The molecule has 0 aliphatic heterocycles. The third-order valence-electron chi connectivity index (χ3n) is 1.95. The molecule has 2 N–H and O–H groups in total. The van der Waals surface area contributed by atoms with Crippen LogP contribution in [0.4, 0.5) is 11.6 Å². The van der Waals surface area contributed by atoms with Crippen molar-refractivity contribution in [2.24, 2.45) is 0 Å². The summed E-state index contributed by atoms with van der Waals surface area (Å²) >= 11 is 3.37. The van der Waals surface area contributed by atoms with E-state index in [1.165, 1.54) is 6.33 Å². The number of anilines is 2. The molecule has 0 amide bonds. The van der Waals surface area contributed by atoms with Crippen molar-refractivity contribution in [3.8, 4) is 0 Å². The van der Waals surface area contributed by atoms with Crippen LogP contribution in [0.3, 0.4) is 0 Å². The molecule has 0 radical (unpaired) electrons. The molecule has 0 fully saturated rings. The van der Waals surface area contributed by atoms with E-state index in [0.29, 0.717) is 31.2 Å². The number of nitrogens with zero attached hydrogens (tertiary/aromatic N) is 2. The first kappa shape index (κ1) is 13.7. The molecule has 7 heteroatoms. The van der Waals surface area contributed by atoms with Gasteiger partial charge in [0.2, 0.25) is 0 Å². The Morgan fingerprint density at radius 3 is 2.82 bits per heavy atom. The summed E-state index contributed by atoms with van der Waals surface area (Å²) in [6.07, 6.45) is 1.75. The normalized spacial score (nSPS) is 9.82. The summed E-state index contributed by atoms with van der Waals surface area (Å²) in [4.78, 5) is 19.2. The van der Waals surface area contributed by atoms with E-state index >= 15 is 0 Å². The highest BCUT2D eigenvalue weighted by Crippen LogP contribution is 2.25. The lowest BCUT2D eigenvalue weighted by Crippen LogP contribution is -2.12. The number of rotatable bonds is 6. The van der Waals surface area contributed by atoms with E-state index in [2.05, 4.69) is 36.5 Å². The molecule has 1 aromatic rings. The van der Waals surface area contributed by atoms with Crippen molar-refractivity contribution in [1.29, 1.82) is 0 Å². The smallest absolute Gasteiger partial charge is 0.307 e. The molecule has 94 valence electrons. The maximum absolute atomic E-state index is 11.1. The molecule has 0 atom stereocenters. The summed E-state index contributed by atoms with van der Waals surface area (Å²) in [5.41, 5.74) is 0. The van der Waals surface area contributed by atoms with Gasteiger partial charge in [-0.15, -0.1) is 0 Å². The summed E-state index contributed by atoms with van der Waals surface area (Å²) in [7, 11) is 1.77. The maximum atomic E-state index is 11.1. The van der Waals surface area contributed by atoms with Gasteiger partial charge in [-0.05, 0) is 22.9 Å². The van der Waals surface area contributed by atoms with Crippen LogP contribution in [0.15, 0.2) is 10.8 Å². The molecule has 0 spiro atoms. The van der Waals surface area contributed by atoms with E-state index in [1.807, 2.05) is 0 Å². The first-order valence-electron chi connectivity index (χ1n) is 5.26. The molecule has 17 heavy (non-hydrogen) atoms. The fourth-order valence-electron chi connectivity index (χ4n) is 1.18. The van der Waals surface area contributed by atoms with Gasteiger partial charge in [-0.3, -0.25) is 4.79 Å². The number of aromatic nitrogens is 2. The number of esters is 1. The third kappa shape index (κ3) is 4.18. The quantitative estimate of drug-likeness (QED) is 0.778. The SMILES string of the molecule is CCOC(=O)CCNc1ncnc(NC)c1Br. The molecular weight excluding hydrogens is 288 g/mol. The van der Waals surface area contributed by atoms with E-state index < -0.39 is 0 Å². The Morgan fingerprint density at radius 2 is 2.18 bits per heavy atom. The molecule has 0 aliphatic rings. The van der Waals surface area contributed by atoms with Crippen LogP contribution in [0.1, 0.15) is 13.3 Å². The number of nitrogens with one attached hydrogen (secondary N) is 2. The lowest BCUT2D eigenvalue weighted by Gasteiger charge is -2.09. The van der Waals surface area contributed by atoms with E-state index in [9.17, 15) is 4.79 Å². The van der Waals surface area contributed by atoms with Crippen molar-refractivity contribution in [2.75, 3.05) is 30.8 Å². The largest absolute Gasteiger partial charge is 0.466 e. The zero-order chi connectivity index (χ0) is 12.7. The lowest BCUT2D eigenvalue weighted by molar-refractivity contribution is -0.142. The molecule has 1 heterocycles. The molecular formula is C10H15BrN4O2. The first-order chi connectivity index (χ1) is 8.19. The average Bonchev–Trinajstić information content (AvgIpc) is 2.32. The molecule has 6 nitrogen and oxygen atoms in total. The van der Waals surface area contributed by atoms with Gasteiger partial charge in [-0.1, -0.05) is 0 Å². The van der Waals surface area contributed by atoms with Crippen LogP contribution in [-0.4, -0.2) is 36.1 Å². The van der Waals surface area contributed by atoms with Crippen LogP contribution in [0.5, 0.6) is 0 Å². The third-order valence-corrected chi connectivity index (χ3v) is 2.70. The summed E-state index contributed by atoms with van der Waals surface area (Å²) in [5, 5.41) is 5.96. The second-order valence-electron chi connectivity index (χ2n) is 3.12. The van der Waals surface area contributed by atoms with Crippen molar-refractivity contribution in [3.05, 3.63) is 10.8 Å². The Hall–Kier alpha value is -1.37. The van der Waals surface area contributed by atoms with Gasteiger partial charge in [-0.25, -0.2) is 9.97 Å². The zero-order valence-corrected chi connectivity index (χ0v) is 11.4. The van der Waals surface area contributed by atoms with Crippen molar-refractivity contribution in [1.82, 2.24) is 9.97 Å². The number of halogens is 1. The van der Waals surface area contributed by atoms with Crippen molar-refractivity contribution >= 4 is 33.5 Å². The highest BCUT2D eigenvalue weighted by atomic mass is 79.9. The molecule has 0 unspecified atom stereocenters. The maximum Gasteiger partial charge on any atom is 0.307 e. The first-order valence-corrected chi connectivity index (χ1v) is 6.06. The van der Waals surface area contributed by atoms with Gasteiger partial charge in [0.25, 0.3) is 0 Å². The Bertz CT molecular complexity index is 387. The molecule has 0 aromatic carbocycles. The molecule has 1 rings (SSSR count). The molecule has 1 aromatic heterocycles. The monoisotopic (exact) mass is 302 g/mol. The van der Waals surface area contributed by atoms with Crippen molar-refractivity contribution in [3.63, 3.8) is 0 Å². The van der Waals surface area contributed by atoms with Gasteiger partial charge in [-0.2, -0.15) is 0 Å². The Morgan fingerprint density at radius 1 is 1.47 bits per heavy atom. The van der Waals surface area contributed by atoms with E-state index in [4.69, 9.17) is 4.74 Å². The summed E-state index contributed by atoms with van der Waals surface area (Å²) < 4.78 is 5.56. The standard InChI is InChI=1S/C10H15BrN4O2/c1-3-17-7(16)4-5-13-10-8(11)9(12-2)14-6-15-10/h6H,3-5H2,1-2H3,(H2,12,13,14,15). The Balaban J connectivity index is 2.49. The van der Waals surface area contributed by atoms with E-state index in [0.717, 1.165) is 4.47 Å². The molecule has 0 bridgehead atoms. The molecule has 0 saturated heterocycles. The Kier molecular flexibility index (Phi) is 5.68. The summed E-state index contributed by atoms with van der Waals surface area (Å²) in [6, 6.07) is 0. The predicted molar refractivity (Wildman–Crippen MR) is 69.0 cm³/mol. The highest BCUT2D eigenvalue weighted by Gasteiger charge is 2.07. The number of hydrogen-bond donors (Lipinski definition) is 2. The van der Waals surface area contributed by atoms with Gasteiger partial charge in [0, 0.05) is 13.6 Å². The van der Waals surface area contributed by atoms with Gasteiger partial charge < -0.3 is 15.4 Å². The van der Waals surface area contributed by atoms with Gasteiger partial charge in [0.15, 0.2) is 0 Å². The fourth-order valence-corrected chi connectivity index (χ4v) is 1.73. The van der Waals surface area contributed by atoms with Crippen molar-refractivity contribution in [2.45, 2.75) is 13.3 Å². The number of carbonyl (C=O) groups is 1. The number of ether oxygens (including phenoxy) is 1. The van der Waals surface area contributed by atoms with Crippen LogP contribution in [0.2, 0.25) is 0 Å². The molecule has 0 saturated carbocycles. The Labute approximate surface area is 108 Å². The lowest BCUT2D eigenvalue weighted by atomic mass is 10.4. The van der Waals surface area contributed by atoms with Gasteiger partial charge in [0.05, 0.1) is 13.0 Å². The van der Waals surface area contributed by atoms with Crippen LogP contribution >= 0.6 is 15.9 Å². The number of carbonyl (C=O) groups excluding carboxylic acids is 1. The minimum absolute atomic E-state index is 0.223. The topological polar surface area (TPSA) is 76.1 Å². The van der Waals surface area contributed by atoms with Crippen molar-refractivity contribution < 1.29 is 9.53 Å². The second kappa shape index (κ2) is 7.05. The summed E-state index contributed by atoms with van der Waals surface area (Å²) in [6.45, 7) is 2.66. The van der Waals surface area contributed by atoms with Crippen LogP contribution in [0.25, 0.3) is 0 Å². The highest BCUT2D eigenvalue weighted by molar-refractivity contribution is 9.10. The van der Waals surface area contributed by atoms with E-state index in [-0.39, 0.29) is 5.97 Å². The summed E-state index contributed by atoms with van der Waals surface area (Å²) in [5.74, 6) is 1.12. The van der Waals surface area contributed by atoms with Crippen LogP contribution in [-0.2, 0) is 9.53 Å². The van der Waals surface area contributed by atoms with E-state index in [1.54, 1.807) is 14.0 Å². The second-order valence-corrected chi connectivity index (χ2v) is 3.91. The minimum atomic E-state index is -0.223. The fraction of sp³-hybridized carbons (Fsp3) is 0.500. The van der Waals surface area contributed by atoms with Crippen LogP contribution in [0, 0.1) is 0 Å².